The van der Waals surface area contributed by atoms with Gasteiger partial charge in [0.2, 0.25) is 0 Å². The van der Waals surface area contributed by atoms with Crippen LogP contribution in [-0.4, -0.2) is 4.98 Å². The Balaban J connectivity index is 2.60. The molecule has 1 heterocycles. The summed E-state index contributed by atoms with van der Waals surface area (Å²) in [7, 11) is 0. The normalized spacial score (nSPS) is 10.1. The Morgan fingerprint density at radius 1 is 1.44 bits per heavy atom. The van der Waals surface area contributed by atoms with E-state index in [4.69, 9.17) is 22.6 Å². The first kappa shape index (κ1) is 10.5. The second-order valence-electron chi connectivity index (χ2n) is 3.23. The van der Waals surface area contributed by atoms with E-state index in [2.05, 4.69) is 4.98 Å². The van der Waals surface area contributed by atoms with Crippen LogP contribution in [0.1, 0.15) is 5.56 Å². The molecule has 2 rings (SSSR count). The predicted molar refractivity (Wildman–Crippen MR) is 60.3 cm³/mol. The molecule has 0 atom stereocenters. The smallest absolute Gasteiger partial charge is 0.141 e. The molecule has 16 heavy (non-hydrogen) atoms. The van der Waals surface area contributed by atoms with Gasteiger partial charge >= 0.3 is 0 Å². The molecule has 0 saturated carbocycles. The maximum atomic E-state index is 13.0. The van der Waals surface area contributed by atoms with Gasteiger partial charge in [0.15, 0.2) is 0 Å². The van der Waals surface area contributed by atoms with Crippen LogP contribution in [-0.2, 0) is 0 Å². The van der Waals surface area contributed by atoms with Crippen molar-refractivity contribution in [3.8, 4) is 17.2 Å². The number of rotatable bonds is 1. The lowest BCUT2D eigenvalue weighted by molar-refractivity contribution is 0.628. The lowest BCUT2D eigenvalue weighted by Gasteiger charge is -2.00. The van der Waals surface area contributed by atoms with Crippen LogP contribution in [0.2, 0.25) is 5.02 Å². The molecule has 0 aliphatic heterocycles. The molecule has 0 radical (unpaired) electrons. The van der Waals surface area contributed by atoms with Crippen molar-refractivity contribution in [3.05, 3.63) is 40.8 Å². The fraction of sp³-hybridized carbons (Fsp3) is 0. The Labute approximate surface area is 96.3 Å². The summed E-state index contributed by atoms with van der Waals surface area (Å²) in [6.07, 6.45) is 1.59. The Hall–Kier alpha value is -1.99. The first-order valence-corrected chi connectivity index (χ1v) is 4.83. The van der Waals surface area contributed by atoms with Crippen LogP contribution in [0.25, 0.3) is 11.1 Å². The standard InChI is InChI=1S/C11H7ClFN3/c12-9-3-6(1-2-10(9)13)8-5-16-11(15)7(8)4-14/h1-3,5,16H,15H2. The van der Waals surface area contributed by atoms with Crippen molar-refractivity contribution >= 4 is 17.4 Å². The fourth-order valence-electron chi connectivity index (χ4n) is 1.45. The van der Waals surface area contributed by atoms with Crippen molar-refractivity contribution in [2.75, 3.05) is 5.73 Å². The Bertz CT molecular complexity index is 583. The summed E-state index contributed by atoms with van der Waals surface area (Å²) in [6, 6.07) is 6.24. The monoisotopic (exact) mass is 235 g/mol. The molecule has 0 bridgehead atoms. The maximum Gasteiger partial charge on any atom is 0.141 e. The SMILES string of the molecule is N#Cc1c(-c2ccc(F)c(Cl)c2)c[nH]c1N. The van der Waals surface area contributed by atoms with Crippen LogP contribution in [0.3, 0.4) is 0 Å². The minimum Gasteiger partial charge on any atom is -0.384 e. The van der Waals surface area contributed by atoms with Gasteiger partial charge in [-0.05, 0) is 17.7 Å². The van der Waals surface area contributed by atoms with E-state index in [0.29, 0.717) is 16.7 Å². The van der Waals surface area contributed by atoms with Crippen LogP contribution < -0.4 is 5.73 Å². The first-order chi connectivity index (χ1) is 7.63. The van der Waals surface area contributed by atoms with E-state index >= 15 is 0 Å². The molecule has 0 spiro atoms. The number of aromatic amines is 1. The number of H-pyrrole nitrogens is 1. The third kappa shape index (κ3) is 1.62. The van der Waals surface area contributed by atoms with E-state index in [1.54, 1.807) is 12.3 Å². The number of aromatic nitrogens is 1. The molecule has 2 aromatic rings. The third-order valence-electron chi connectivity index (χ3n) is 2.25. The van der Waals surface area contributed by atoms with E-state index in [9.17, 15) is 4.39 Å². The second-order valence-corrected chi connectivity index (χ2v) is 3.64. The van der Waals surface area contributed by atoms with Crippen LogP contribution in [0, 0.1) is 17.1 Å². The van der Waals surface area contributed by atoms with Crippen molar-refractivity contribution in [3.63, 3.8) is 0 Å². The lowest BCUT2D eigenvalue weighted by Crippen LogP contribution is -1.88. The molecular formula is C11H7ClFN3. The van der Waals surface area contributed by atoms with E-state index < -0.39 is 5.82 Å². The second kappa shape index (κ2) is 3.87. The average Bonchev–Trinajstić information content (AvgIpc) is 2.63. The number of anilines is 1. The van der Waals surface area contributed by atoms with Crippen molar-refractivity contribution in [1.82, 2.24) is 4.98 Å². The summed E-state index contributed by atoms with van der Waals surface area (Å²) in [5.74, 6) is -0.203. The number of benzene rings is 1. The van der Waals surface area contributed by atoms with Crippen LogP contribution in [0.5, 0.6) is 0 Å². The molecule has 0 amide bonds. The fourth-order valence-corrected chi connectivity index (χ4v) is 1.63. The number of nitrogen functional groups attached to an aromatic ring is 1. The van der Waals surface area contributed by atoms with Gasteiger partial charge < -0.3 is 10.7 Å². The lowest BCUT2D eigenvalue weighted by atomic mass is 10.1. The summed E-state index contributed by atoms with van der Waals surface area (Å²) in [5.41, 5.74) is 7.17. The van der Waals surface area contributed by atoms with Gasteiger partial charge in [-0.15, -0.1) is 0 Å². The number of halogens is 2. The molecule has 3 nitrogen and oxygen atoms in total. The molecule has 3 N–H and O–H groups in total. The highest BCUT2D eigenvalue weighted by Gasteiger charge is 2.11. The Morgan fingerprint density at radius 3 is 2.81 bits per heavy atom. The van der Waals surface area contributed by atoms with Crippen LogP contribution >= 0.6 is 11.6 Å². The molecule has 1 aromatic carbocycles. The summed E-state index contributed by atoms with van der Waals surface area (Å²) in [6.45, 7) is 0. The number of nitrogens with zero attached hydrogens (tertiary/aromatic N) is 1. The Morgan fingerprint density at radius 2 is 2.19 bits per heavy atom. The number of hydrogen-bond acceptors (Lipinski definition) is 2. The van der Waals surface area contributed by atoms with Crippen molar-refractivity contribution < 1.29 is 4.39 Å². The van der Waals surface area contributed by atoms with Crippen molar-refractivity contribution in [1.29, 1.82) is 5.26 Å². The number of nitriles is 1. The third-order valence-corrected chi connectivity index (χ3v) is 2.54. The minimum atomic E-state index is -0.493. The molecule has 0 unspecified atom stereocenters. The number of nitrogens with two attached hydrogens (primary N) is 1. The molecule has 80 valence electrons. The first-order valence-electron chi connectivity index (χ1n) is 4.46. The zero-order chi connectivity index (χ0) is 11.7. The van der Waals surface area contributed by atoms with Gasteiger partial charge in [0.05, 0.1) is 5.02 Å². The summed E-state index contributed by atoms with van der Waals surface area (Å²) in [4.78, 5) is 2.74. The number of nitrogens with one attached hydrogen (secondary N) is 1. The maximum absolute atomic E-state index is 13.0. The highest BCUT2D eigenvalue weighted by molar-refractivity contribution is 6.31. The molecule has 0 aliphatic carbocycles. The molecule has 0 fully saturated rings. The van der Waals surface area contributed by atoms with Gasteiger partial charge in [0.25, 0.3) is 0 Å². The average molecular weight is 236 g/mol. The molecule has 5 heteroatoms. The highest BCUT2D eigenvalue weighted by atomic mass is 35.5. The summed E-state index contributed by atoms with van der Waals surface area (Å²) < 4.78 is 13.0. The summed E-state index contributed by atoms with van der Waals surface area (Å²) in [5, 5.41) is 8.93. The van der Waals surface area contributed by atoms with Crippen molar-refractivity contribution in [2.45, 2.75) is 0 Å². The zero-order valence-corrected chi connectivity index (χ0v) is 8.85. The van der Waals surface area contributed by atoms with Gasteiger partial charge in [0.1, 0.15) is 23.3 Å². The topological polar surface area (TPSA) is 65.6 Å². The highest BCUT2D eigenvalue weighted by Crippen LogP contribution is 2.29. The molecule has 1 aromatic heterocycles. The zero-order valence-electron chi connectivity index (χ0n) is 8.09. The van der Waals surface area contributed by atoms with Gasteiger partial charge in [-0.2, -0.15) is 5.26 Å². The van der Waals surface area contributed by atoms with Crippen molar-refractivity contribution in [2.24, 2.45) is 0 Å². The Kier molecular flexibility index (Phi) is 2.55. The molecule has 0 aliphatic rings. The minimum absolute atomic E-state index is 0.0150. The van der Waals surface area contributed by atoms with Gasteiger partial charge in [-0.25, -0.2) is 4.39 Å². The van der Waals surface area contributed by atoms with E-state index in [0.717, 1.165) is 0 Å². The summed E-state index contributed by atoms with van der Waals surface area (Å²) >= 11 is 5.67. The molecule has 0 saturated heterocycles. The number of hydrogen-bond donors (Lipinski definition) is 2. The largest absolute Gasteiger partial charge is 0.384 e. The van der Waals surface area contributed by atoms with Gasteiger partial charge in [-0.3, -0.25) is 0 Å². The van der Waals surface area contributed by atoms with E-state index in [1.807, 2.05) is 6.07 Å². The van der Waals surface area contributed by atoms with Gasteiger partial charge in [0, 0.05) is 11.8 Å². The van der Waals surface area contributed by atoms with E-state index in [-0.39, 0.29) is 10.8 Å². The van der Waals surface area contributed by atoms with Crippen LogP contribution in [0.4, 0.5) is 10.2 Å². The van der Waals surface area contributed by atoms with Crippen LogP contribution in [0.15, 0.2) is 24.4 Å². The van der Waals surface area contributed by atoms with Gasteiger partial charge in [-0.1, -0.05) is 17.7 Å². The van der Waals surface area contributed by atoms with E-state index in [1.165, 1.54) is 12.1 Å². The predicted octanol–water partition coefficient (Wildman–Crippen LogP) is 2.93. The quantitative estimate of drug-likeness (QED) is 0.798. The molecular weight excluding hydrogens is 229 g/mol.